The van der Waals surface area contributed by atoms with Crippen LogP contribution in [0.25, 0.3) is 0 Å². The smallest absolute Gasteiger partial charge is 0.128 e. The molecule has 88 valence electrons. The first kappa shape index (κ1) is 11.9. The van der Waals surface area contributed by atoms with E-state index in [0.29, 0.717) is 0 Å². The fourth-order valence-electron chi connectivity index (χ4n) is 1.89. The Morgan fingerprint density at radius 1 is 1.44 bits per heavy atom. The van der Waals surface area contributed by atoms with E-state index in [1.807, 2.05) is 0 Å². The zero-order valence-electron chi connectivity index (χ0n) is 10.0. The maximum absolute atomic E-state index is 4.65. The summed E-state index contributed by atoms with van der Waals surface area (Å²) in [6.07, 6.45) is 3.98. The van der Waals surface area contributed by atoms with Crippen LogP contribution in [0.4, 0.5) is 5.82 Å². The number of pyridine rings is 1. The van der Waals surface area contributed by atoms with Crippen molar-refractivity contribution in [1.82, 2.24) is 4.98 Å². The summed E-state index contributed by atoms with van der Waals surface area (Å²) in [5, 5.41) is 0. The molecule has 0 atom stereocenters. The topological polar surface area (TPSA) is 16.1 Å². The van der Waals surface area contributed by atoms with Crippen LogP contribution in [0.3, 0.4) is 0 Å². The Morgan fingerprint density at radius 2 is 2.19 bits per heavy atom. The first-order chi connectivity index (χ1) is 7.70. The zero-order chi connectivity index (χ0) is 11.5. The Balaban J connectivity index is 2.12. The van der Waals surface area contributed by atoms with Crippen LogP contribution >= 0.6 is 15.9 Å². The molecule has 0 unspecified atom stereocenters. The average Bonchev–Trinajstić information content (AvgIpc) is 3.05. The second-order valence-electron chi connectivity index (χ2n) is 4.63. The molecule has 1 aliphatic carbocycles. The number of hydrogen-bond acceptors (Lipinski definition) is 2. The molecule has 1 aliphatic rings. The van der Waals surface area contributed by atoms with Gasteiger partial charge < -0.3 is 4.90 Å². The third-order valence-electron chi connectivity index (χ3n) is 3.00. The molecule has 0 spiro atoms. The molecule has 0 amide bonds. The summed E-state index contributed by atoms with van der Waals surface area (Å²) >= 11 is 3.50. The SMILES string of the molecule is CCCN(CC1CC1)c1ccc(Br)c(C)n1. The highest BCUT2D eigenvalue weighted by atomic mass is 79.9. The van der Waals surface area contributed by atoms with E-state index < -0.39 is 0 Å². The first-order valence-electron chi connectivity index (χ1n) is 6.08. The van der Waals surface area contributed by atoms with Crippen LogP contribution in [0.15, 0.2) is 16.6 Å². The number of aryl methyl sites for hydroxylation is 1. The predicted molar refractivity (Wildman–Crippen MR) is 71.9 cm³/mol. The fraction of sp³-hybridized carbons (Fsp3) is 0.615. The van der Waals surface area contributed by atoms with Crippen molar-refractivity contribution in [3.63, 3.8) is 0 Å². The van der Waals surface area contributed by atoms with E-state index >= 15 is 0 Å². The van der Waals surface area contributed by atoms with Crippen molar-refractivity contribution in [2.24, 2.45) is 5.92 Å². The highest BCUT2D eigenvalue weighted by Crippen LogP contribution is 2.31. The van der Waals surface area contributed by atoms with Crippen molar-refractivity contribution in [2.45, 2.75) is 33.1 Å². The second-order valence-corrected chi connectivity index (χ2v) is 5.48. The second kappa shape index (κ2) is 5.17. The monoisotopic (exact) mass is 282 g/mol. The van der Waals surface area contributed by atoms with Crippen LogP contribution < -0.4 is 4.90 Å². The molecular formula is C13H19BrN2. The Labute approximate surface area is 106 Å². The molecule has 1 aromatic heterocycles. The van der Waals surface area contributed by atoms with E-state index in [2.05, 4.69) is 51.8 Å². The van der Waals surface area contributed by atoms with Gasteiger partial charge in [-0.1, -0.05) is 6.92 Å². The van der Waals surface area contributed by atoms with Crippen molar-refractivity contribution in [2.75, 3.05) is 18.0 Å². The maximum Gasteiger partial charge on any atom is 0.128 e. The number of halogens is 1. The van der Waals surface area contributed by atoms with Gasteiger partial charge in [0, 0.05) is 17.6 Å². The number of aromatic nitrogens is 1. The summed E-state index contributed by atoms with van der Waals surface area (Å²) in [4.78, 5) is 7.08. The van der Waals surface area contributed by atoms with Crippen LogP contribution in [0.2, 0.25) is 0 Å². The Morgan fingerprint density at radius 3 is 2.75 bits per heavy atom. The third-order valence-corrected chi connectivity index (χ3v) is 3.84. The molecular weight excluding hydrogens is 264 g/mol. The molecule has 0 radical (unpaired) electrons. The number of hydrogen-bond donors (Lipinski definition) is 0. The van der Waals surface area contributed by atoms with Gasteiger partial charge in [0.15, 0.2) is 0 Å². The first-order valence-corrected chi connectivity index (χ1v) is 6.88. The van der Waals surface area contributed by atoms with Crippen LogP contribution in [0.1, 0.15) is 31.9 Å². The lowest BCUT2D eigenvalue weighted by Gasteiger charge is -2.23. The molecule has 16 heavy (non-hydrogen) atoms. The highest BCUT2D eigenvalue weighted by Gasteiger charge is 2.24. The fourth-order valence-corrected chi connectivity index (χ4v) is 2.11. The van der Waals surface area contributed by atoms with Gasteiger partial charge in [0.2, 0.25) is 0 Å². The summed E-state index contributed by atoms with van der Waals surface area (Å²) in [5.74, 6) is 2.05. The zero-order valence-corrected chi connectivity index (χ0v) is 11.6. The van der Waals surface area contributed by atoms with E-state index in [4.69, 9.17) is 0 Å². The van der Waals surface area contributed by atoms with E-state index in [9.17, 15) is 0 Å². The molecule has 0 saturated heterocycles. The van der Waals surface area contributed by atoms with Gasteiger partial charge in [-0.3, -0.25) is 0 Å². The minimum Gasteiger partial charge on any atom is -0.356 e. The number of nitrogens with zero attached hydrogens (tertiary/aromatic N) is 2. The van der Waals surface area contributed by atoms with Gasteiger partial charge in [-0.2, -0.15) is 0 Å². The van der Waals surface area contributed by atoms with Crippen LogP contribution in [-0.4, -0.2) is 18.1 Å². The van der Waals surface area contributed by atoms with Crippen LogP contribution in [-0.2, 0) is 0 Å². The summed E-state index contributed by atoms with van der Waals surface area (Å²) in [5.41, 5.74) is 1.08. The van der Waals surface area contributed by atoms with Crippen molar-refractivity contribution in [3.8, 4) is 0 Å². The average molecular weight is 283 g/mol. The normalized spacial score (nSPS) is 15.2. The molecule has 1 saturated carbocycles. The minimum atomic E-state index is 0.914. The molecule has 2 rings (SSSR count). The van der Waals surface area contributed by atoms with Gasteiger partial charge in [-0.05, 0) is 60.2 Å². The van der Waals surface area contributed by atoms with E-state index in [1.165, 1.54) is 25.8 Å². The lowest BCUT2D eigenvalue weighted by molar-refractivity contribution is 0.698. The highest BCUT2D eigenvalue weighted by molar-refractivity contribution is 9.10. The van der Waals surface area contributed by atoms with Crippen molar-refractivity contribution in [3.05, 3.63) is 22.3 Å². The molecule has 3 heteroatoms. The van der Waals surface area contributed by atoms with E-state index in [-0.39, 0.29) is 0 Å². The molecule has 1 heterocycles. The van der Waals surface area contributed by atoms with Gasteiger partial charge >= 0.3 is 0 Å². The van der Waals surface area contributed by atoms with Crippen molar-refractivity contribution in [1.29, 1.82) is 0 Å². The van der Waals surface area contributed by atoms with Gasteiger partial charge in [0.1, 0.15) is 5.82 Å². The molecule has 0 aromatic carbocycles. The van der Waals surface area contributed by atoms with Crippen LogP contribution in [0, 0.1) is 12.8 Å². The van der Waals surface area contributed by atoms with Gasteiger partial charge in [-0.25, -0.2) is 4.98 Å². The van der Waals surface area contributed by atoms with Gasteiger partial charge in [0.25, 0.3) is 0 Å². The standard InChI is InChI=1S/C13H19BrN2/c1-3-8-16(9-11-4-5-11)13-7-6-12(14)10(2)15-13/h6-7,11H,3-5,8-9H2,1-2H3. The largest absolute Gasteiger partial charge is 0.356 e. The Kier molecular flexibility index (Phi) is 3.85. The molecule has 0 aliphatic heterocycles. The van der Waals surface area contributed by atoms with E-state index in [0.717, 1.165) is 28.4 Å². The lowest BCUT2D eigenvalue weighted by atomic mass is 10.3. The Bertz CT molecular complexity index is 361. The van der Waals surface area contributed by atoms with Crippen molar-refractivity contribution >= 4 is 21.7 Å². The number of anilines is 1. The van der Waals surface area contributed by atoms with E-state index in [1.54, 1.807) is 0 Å². The van der Waals surface area contributed by atoms with Crippen LogP contribution in [0.5, 0.6) is 0 Å². The summed E-state index contributed by atoms with van der Waals surface area (Å²) in [6.45, 7) is 6.58. The lowest BCUT2D eigenvalue weighted by Crippen LogP contribution is -2.27. The Hall–Kier alpha value is -0.570. The molecule has 1 fully saturated rings. The summed E-state index contributed by atoms with van der Waals surface area (Å²) < 4.78 is 1.10. The van der Waals surface area contributed by atoms with Crippen molar-refractivity contribution < 1.29 is 0 Å². The summed E-state index contributed by atoms with van der Waals surface area (Å²) in [6, 6.07) is 4.22. The minimum absolute atomic E-state index is 0.914. The maximum atomic E-state index is 4.65. The quantitative estimate of drug-likeness (QED) is 0.817. The summed E-state index contributed by atoms with van der Waals surface area (Å²) in [7, 11) is 0. The van der Waals surface area contributed by atoms with Gasteiger partial charge in [-0.15, -0.1) is 0 Å². The van der Waals surface area contributed by atoms with Gasteiger partial charge in [0.05, 0.1) is 5.69 Å². The molecule has 2 nitrogen and oxygen atoms in total. The number of rotatable bonds is 5. The molecule has 1 aromatic rings. The third kappa shape index (κ3) is 2.97. The predicted octanol–water partition coefficient (Wildman–Crippen LogP) is 3.78. The molecule has 0 N–H and O–H groups in total. The molecule has 0 bridgehead atoms.